The summed E-state index contributed by atoms with van der Waals surface area (Å²) in [6.45, 7) is 9.94. The van der Waals surface area contributed by atoms with Crippen molar-refractivity contribution in [2.45, 2.75) is 52.6 Å². The Kier molecular flexibility index (Phi) is 6.65. The van der Waals surface area contributed by atoms with Gasteiger partial charge in [0.1, 0.15) is 18.3 Å². The monoisotopic (exact) mass is 567 g/mol. The second-order valence-corrected chi connectivity index (χ2v) is 12.3. The lowest BCUT2D eigenvalue weighted by Gasteiger charge is -2.13. The van der Waals surface area contributed by atoms with E-state index in [-0.39, 0.29) is 5.54 Å². The molecule has 0 atom stereocenters. The predicted octanol–water partition coefficient (Wildman–Crippen LogP) is 8.12. The molecular formula is C37H37N5O. The van der Waals surface area contributed by atoms with Crippen molar-refractivity contribution in [2.75, 3.05) is 6.61 Å². The highest BCUT2D eigenvalue weighted by Gasteiger charge is 2.28. The van der Waals surface area contributed by atoms with Gasteiger partial charge in [-0.25, -0.2) is 15.0 Å². The zero-order valence-electron chi connectivity index (χ0n) is 25.6. The van der Waals surface area contributed by atoms with E-state index in [1.807, 2.05) is 12.1 Å². The number of aryl methyl sites for hydroxylation is 3. The van der Waals surface area contributed by atoms with Crippen LogP contribution in [-0.4, -0.2) is 37.1 Å². The molecule has 2 aromatic heterocycles. The lowest BCUT2D eigenvalue weighted by molar-refractivity contribution is 0.279. The molecule has 0 amide bonds. The summed E-state index contributed by atoms with van der Waals surface area (Å²) in [7, 11) is 2.09. The third kappa shape index (κ3) is 4.91. The number of para-hydroxylation sites is 2. The van der Waals surface area contributed by atoms with Gasteiger partial charge >= 0.3 is 0 Å². The normalized spacial score (nSPS) is 14.4. The highest BCUT2D eigenvalue weighted by atomic mass is 16.5. The van der Waals surface area contributed by atoms with Crippen LogP contribution in [0.15, 0.2) is 89.9 Å². The Bertz CT molecular complexity index is 2010. The number of hydrogen-bond acceptors (Lipinski definition) is 4. The van der Waals surface area contributed by atoms with E-state index in [0.717, 1.165) is 81.3 Å². The first-order valence-electron chi connectivity index (χ1n) is 15.1. The minimum absolute atomic E-state index is 0.196. The molecule has 6 nitrogen and oxygen atoms in total. The molecule has 0 saturated carbocycles. The molecule has 0 fully saturated rings. The quantitative estimate of drug-likeness (QED) is 0.196. The second-order valence-electron chi connectivity index (χ2n) is 12.3. The van der Waals surface area contributed by atoms with Gasteiger partial charge < -0.3 is 13.9 Å². The van der Waals surface area contributed by atoms with Gasteiger partial charge in [0.2, 0.25) is 5.90 Å². The van der Waals surface area contributed by atoms with E-state index in [2.05, 4.69) is 117 Å². The Morgan fingerprint density at radius 2 is 1.58 bits per heavy atom. The molecule has 0 saturated heterocycles. The molecule has 216 valence electrons. The van der Waals surface area contributed by atoms with Crippen molar-refractivity contribution in [2.24, 2.45) is 12.0 Å². The van der Waals surface area contributed by atoms with Crippen LogP contribution >= 0.6 is 0 Å². The number of fused-ring (bicyclic) bond motifs is 2. The Labute approximate surface area is 252 Å². The van der Waals surface area contributed by atoms with Crippen LogP contribution < -0.4 is 0 Å². The molecule has 0 aliphatic carbocycles. The van der Waals surface area contributed by atoms with Crippen LogP contribution in [0.2, 0.25) is 0 Å². The zero-order chi connectivity index (χ0) is 29.7. The lowest BCUT2D eigenvalue weighted by Crippen LogP contribution is -2.17. The minimum atomic E-state index is -0.196. The molecule has 0 N–H and O–H groups in total. The number of aromatic nitrogens is 4. The van der Waals surface area contributed by atoms with E-state index >= 15 is 0 Å². The zero-order valence-corrected chi connectivity index (χ0v) is 25.6. The summed E-state index contributed by atoms with van der Waals surface area (Å²) < 4.78 is 10.6. The smallest absolute Gasteiger partial charge is 0.217 e. The Morgan fingerprint density at radius 1 is 0.837 bits per heavy atom. The maximum absolute atomic E-state index is 6.00. The van der Waals surface area contributed by atoms with Crippen molar-refractivity contribution < 1.29 is 4.74 Å². The number of ether oxygens (including phenoxy) is 1. The van der Waals surface area contributed by atoms with Crippen molar-refractivity contribution in [3.63, 3.8) is 0 Å². The first kappa shape index (κ1) is 27.1. The third-order valence-electron chi connectivity index (χ3n) is 8.37. The maximum atomic E-state index is 6.00. The highest BCUT2D eigenvalue weighted by molar-refractivity contribution is 6.01. The standard InChI is InChI=1S/C37H37N5O/c1-6-11-33-39-34-24(2)20-27(35-38-30-14-9-10-15-31(30)41(35)5)21-32(34)42(33)22-25-16-18-26(19-17-25)28-12-7-8-13-29(28)36-40-37(3,4)23-43-36/h7-10,12-21H,6,11,22-23H2,1-5H3. The van der Waals surface area contributed by atoms with Gasteiger partial charge in [-0.05, 0) is 79.8 Å². The van der Waals surface area contributed by atoms with E-state index in [1.165, 1.54) is 11.1 Å². The summed E-state index contributed by atoms with van der Waals surface area (Å²) in [4.78, 5) is 15.0. The van der Waals surface area contributed by atoms with E-state index in [1.54, 1.807) is 0 Å². The summed E-state index contributed by atoms with van der Waals surface area (Å²) in [5, 5.41) is 0. The van der Waals surface area contributed by atoms with Gasteiger partial charge in [0.25, 0.3) is 0 Å². The molecule has 4 aromatic carbocycles. The van der Waals surface area contributed by atoms with Crippen molar-refractivity contribution in [3.05, 3.63) is 107 Å². The number of benzene rings is 4. The molecule has 1 aliphatic heterocycles. The average Bonchev–Trinajstić information content (AvgIpc) is 3.67. The van der Waals surface area contributed by atoms with Crippen molar-refractivity contribution >= 4 is 28.0 Å². The first-order chi connectivity index (χ1) is 20.8. The van der Waals surface area contributed by atoms with E-state index in [9.17, 15) is 0 Å². The fraction of sp³-hybridized carbons (Fsp3) is 0.270. The molecule has 7 rings (SSSR count). The third-order valence-corrected chi connectivity index (χ3v) is 8.37. The van der Waals surface area contributed by atoms with Gasteiger partial charge in [-0.2, -0.15) is 0 Å². The largest absolute Gasteiger partial charge is 0.475 e. The predicted molar refractivity (Wildman–Crippen MR) is 176 cm³/mol. The second kappa shape index (κ2) is 10.5. The fourth-order valence-corrected chi connectivity index (χ4v) is 6.18. The Balaban J connectivity index is 1.26. The van der Waals surface area contributed by atoms with Crippen molar-refractivity contribution in [1.82, 2.24) is 19.1 Å². The maximum Gasteiger partial charge on any atom is 0.217 e. The molecule has 0 bridgehead atoms. The fourth-order valence-electron chi connectivity index (χ4n) is 6.18. The molecular weight excluding hydrogens is 530 g/mol. The van der Waals surface area contributed by atoms with Crippen molar-refractivity contribution in [1.29, 1.82) is 0 Å². The van der Waals surface area contributed by atoms with Crippen LogP contribution in [0.4, 0.5) is 0 Å². The van der Waals surface area contributed by atoms with Gasteiger partial charge in [0.15, 0.2) is 0 Å². The number of hydrogen-bond donors (Lipinski definition) is 0. The average molecular weight is 568 g/mol. The van der Waals surface area contributed by atoms with E-state index < -0.39 is 0 Å². The highest BCUT2D eigenvalue weighted by Crippen LogP contribution is 2.32. The number of nitrogens with zero attached hydrogens (tertiary/aromatic N) is 5. The van der Waals surface area contributed by atoms with Crippen LogP contribution in [-0.2, 0) is 24.8 Å². The molecule has 0 radical (unpaired) electrons. The molecule has 0 spiro atoms. The number of rotatable bonds is 7. The number of imidazole rings is 2. The van der Waals surface area contributed by atoms with Gasteiger partial charge in [0.05, 0.1) is 27.6 Å². The molecule has 43 heavy (non-hydrogen) atoms. The van der Waals surface area contributed by atoms with Crippen LogP contribution in [0.3, 0.4) is 0 Å². The van der Waals surface area contributed by atoms with Crippen LogP contribution in [0.1, 0.15) is 49.7 Å². The molecule has 3 heterocycles. The lowest BCUT2D eigenvalue weighted by atomic mass is 9.98. The van der Waals surface area contributed by atoms with Crippen LogP contribution in [0.5, 0.6) is 0 Å². The minimum Gasteiger partial charge on any atom is -0.475 e. The molecule has 1 aliphatic rings. The summed E-state index contributed by atoms with van der Waals surface area (Å²) in [5.74, 6) is 2.82. The number of aliphatic imine (C=N–C) groups is 1. The summed E-state index contributed by atoms with van der Waals surface area (Å²) in [6, 6.07) is 30.1. The summed E-state index contributed by atoms with van der Waals surface area (Å²) in [5.41, 5.74) is 11.0. The molecule has 0 unspecified atom stereocenters. The molecule has 6 aromatic rings. The SMILES string of the molecule is CCCc1nc2c(C)cc(-c3nc4ccccc4n3C)cc2n1Cc1ccc(-c2ccccc2C2=NC(C)(C)CO2)cc1. The first-order valence-corrected chi connectivity index (χ1v) is 15.1. The topological polar surface area (TPSA) is 57.2 Å². The Hall–Kier alpha value is -4.71. The Morgan fingerprint density at radius 3 is 2.30 bits per heavy atom. The van der Waals surface area contributed by atoms with E-state index in [4.69, 9.17) is 19.7 Å². The summed E-state index contributed by atoms with van der Waals surface area (Å²) in [6.07, 6.45) is 1.97. The van der Waals surface area contributed by atoms with Gasteiger partial charge in [-0.3, -0.25) is 0 Å². The van der Waals surface area contributed by atoms with Gasteiger partial charge in [0, 0.05) is 31.1 Å². The molecule has 6 heteroatoms. The van der Waals surface area contributed by atoms with Gasteiger partial charge in [-0.15, -0.1) is 0 Å². The van der Waals surface area contributed by atoms with Crippen molar-refractivity contribution in [3.8, 4) is 22.5 Å². The van der Waals surface area contributed by atoms with Gasteiger partial charge in [-0.1, -0.05) is 61.5 Å². The van der Waals surface area contributed by atoms with Crippen LogP contribution in [0, 0.1) is 6.92 Å². The van der Waals surface area contributed by atoms with Crippen LogP contribution in [0.25, 0.3) is 44.6 Å². The van der Waals surface area contributed by atoms with E-state index in [0.29, 0.717) is 6.61 Å². The summed E-state index contributed by atoms with van der Waals surface area (Å²) >= 11 is 0.